The van der Waals surface area contributed by atoms with Crippen molar-refractivity contribution in [1.82, 2.24) is 9.80 Å². The number of urea groups is 1. The molecule has 1 aliphatic rings. The van der Waals surface area contributed by atoms with Crippen LogP contribution in [0.2, 0.25) is 5.02 Å². The molecule has 5 nitrogen and oxygen atoms in total. The summed E-state index contributed by atoms with van der Waals surface area (Å²) >= 11 is 6.15. The zero-order valence-corrected chi connectivity index (χ0v) is 14.9. The van der Waals surface area contributed by atoms with Gasteiger partial charge in [-0.15, -0.1) is 0 Å². The molecule has 0 bridgehead atoms. The molecule has 1 atom stereocenters. The molecule has 0 aromatic heterocycles. The lowest BCUT2D eigenvalue weighted by Crippen LogP contribution is -2.59. The highest BCUT2D eigenvalue weighted by molar-refractivity contribution is 6.33. The second kappa shape index (κ2) is 7.21. The summed E-state index contributed by atoms with van der Waals surface area (Å²) in [7, 11) is 0. The number of para-hydroxylation sites is 1. The lowest BCUT2D eigenvalue weighted by Gasteiger charge is -2.39. The van der Waals surface area contributed by atoms with Gasteiger partial charge in [0.15, 0.2) is 0 Å². The van der Waals surface area contributed by atoms with Gasteiger partial charge in [0.1, 0.15) is 6.04 Å². The molecule has 23 heavy (non-hydrogen) atoms. The quantitative estimate of drug-likeness (QED) is 0.919. The monoisotopic (exact) mass is 337 g/mol. The first-order valence-electron chi connectivity index (χ1n) is 7.92. The molecule has 3 amide bonds. The maximum atomic E-state index is 12.5. The molecule has 0 aliphatic carbocycles. The maximum absolute atomic E-state index is 12.5. The normalized spacial score (nSPS) is 18.5. The zero-order chi connectivity index (χ0) is 17.1. The lowest BCUT2D eigenvalue weighted by molar-refractivity contribution is -0.139. The number of hydrogen-bond donors (Lipinski definition) is 1. The molecule has 6 heteroatoms. The first-order valence-corrected chi connectivity index (χ1v) is 8.30. The summed E-state index contributed by atoms with van der Waals surface area (Å²) in [4.78, 5) is 28.4. The van der Waals surface area contributed by atoms with Crippen LogP contribution < -0.4 is 5.32 Å². The topological polar surface area (TPSA) is 52.7 Å². The minimum Gasteiger partial charge on any atom is -0.339 e. The molecule has 1 unspecified atom stereocenters. The van der Waals surface area contributed by atoms with Gasteiger partial charge in [-0.2, -0.15) is 0 Å². The number of anilines is 1. The number of nitrogens with zero attached hydrogens (tertiary/aromatic N) is 2. The molecule has 1 aromatic rings. The van der Waals surface area contributed by atoms with Gasteiger partial charge in [-0.05, 0) is 31.4 Å². The van der Waals surface area contributed by atoms with Crippen molar-refractivity contribution in [2.45, 2.75) is 33.7 Å². The number of aryl methyl sites for hydroxylation is 1. The minimum absolute atomic E-state index is 0.00372. The van der Waals surface area contributed by atoms with Gasteiger partial charge < -0.3 is 15.1 Å². The van der Waals surface area contributed by atoms with E-state index in [1.807, 2.05) is 24.0 Å². The minimum atomic E-state index is -0.467. The lowest BCUT2D eigenvalue weighted by atomic mass is 10.1. The van der Waals surface area contributed by atoms with E-state index >= 15 is 0 Å². The van der Waals surface area contributed by atoms with Crippen molar-refractivity contribution in [3.63, 3.8) is 0 Å². The van der Waals surface area contributed by atoms with Crippen molar-refractivity contribution >= 4 is 29.2 Å². The van der Waals surface area contributed by atoms with E-state index in [1.54, 1.807) is 17.9 Å². The van der Waals surface area contributed by atoms with Crippen LogP contribution in [-0.2, 0) is 4.79 Å². The molecule has 2 rings (SSSR count). The van der Waals surface area contributed by atoms with Crippen molar-refractivity contribution in [1.29, 1.82) is 0 Å². The fourth-order valence-electron chi connectivity index (χ4n) is 2.80. The van der Waals surface area contributed by atoms with Crippen LogP contribution in [0.25, 0.3) is 0 Å². The van der Waals surface area contributed by atoms with Gasteiger partial charge in [0.05, 0.1) is 10.7 Å². The first kappa shape index (κ1) is 17.6. The van der Waals surface area contributed by atoms with E-state index in [1.165, 1.54) is 0 Å². The number of halogens is 1. The Morgan fingerprint density at radius 2 is 2.09 bits per heavy atom. The Balaban J connectivity index is 2.08. The van der Waals surface area contributed by atoms with Crippen LogP contribution in [0.3, 0.4) is 0 Å². The molecule has 1 aromatic carbocycles. The smallest absolute Gasteiger partial charge is 0.322 e. The predicted octanol–water partition coefficient (Wildman–Crippen LogP) is 3.37. The van der Waals surface area contributed by atoms with Gasteiger partial charge in [0.25, 0.3) is 0 Å². The van der Waals surface area contributed by atoms with Crippen LogP contribution in [0.1, 0.15) is 26.3 Å². The average Bonchev–Trinajstić information content (AvgIpc) is 2.47. The van der Waals surface area contributed by atoms with Gasteiger partial charge >= 0.3 is 6.03 Å². The average molecular weight is 338 g/mol. The standard InChI is InChI=1S/C17H24ClN3O2/c1-11(2)10-20-8-9-21(13(4)16(20)22)17(23)19-15-12(3)6-5-7-14(15)18/h5-7,11,13H,8-10H2,1-4H3,(H,19,23). The molecule has 0 radical (unpaired) electrons. The predicted molar refractivity (Wildman–Crippen MR) is 92.8 cm³/mol. The molecule has 1 saturated heterocycles. The number of nitrogens with one attached hydrogen (secondary N) is 1. The van der Waals surface area contributed by atoms with Gasteiger partial charge in [0.2, 0.25) is 5.91 Å². The van der Waals surface area contributed by atoms with Crippen molar-refractivity contribution in [3.05, 3.63) is 28.8 Å². The molecule has 1 heterocycles. The van der Waals surface area contributed by atoms with Crippen molar-refractivity contribution in [2.24, 2.45) is 5.92 Å². The number of benzene rings is 1. The number of rotatable bonds is 3. The first-order chi connectivity index (χ1) is 10.8. The summed E-state index contributed by atoms with van der Waals surface area (Å²) < 4.78 is 0. The molecule has 126 valence electrons. The number of carbonyl (C=O) groups excluding carboxylic acids is 2. The van der Waals surface area contributed by atoms with Gasteiger partial charge in [0, 0.05) is 19.6 Å². The third-order valence-electron chi connectivity index (χ3n) is 4.05. The van der Waals surface area contributed by atoms with Gasteiger partial charge in [-0.3, -0.25) is 4.79 Å². The van der Waals surface area contributed by atoms with E-state index in [9.17, 15) is 9.59 Å². The second-order valence-corrected chi connectivity index (χ2v) is 6.82. The van der Waals surface area contributed by atoms with Crippen LogP contribution in [0, 0.1) is 12.8 Å². The van der Waals surface area contributed by atoms with Crippen molar-refractivity contribution in [2.75, 3.05) is 25.0 Å². The highest BCUT2D eigenvalue weighted by atomic mass is 35.5. The van der Waals surface area contributed by atoms with E-state index in [0.717, 1.165) is 12.1 Å². The maximum Gasteiger partial charge on any atom is 0.322 e. The molecule has 1 fully saturated rings. The van der Waals surface area contributed by atoms with Crippen LogP contribution in [0.5, 0.6) is 0 Å². The van der Waals surface area contributed by atoms with E-state index in [0.29, 0.717) is 29.7 Å². The number of amides is 3. The Kier molecular flexibility index (Phi) is 5.52. The number of piperazine rings is 1. The highest BCUT2D eigenvalue weighted by Crippen LogP contribution is 2.26. The van der Waals surface area contributed by atoms with E-state index in [2.05, 4.69) is 19.2 Å². The fourth-order valence-corrected chi connectivity index (χ4v) is 3.07. The summed E-state index contributed by atoms with van der Waals surface area (Å²) in [5, 5.41) is 3.34. The van der Waals surface area contributed by atoms with Crippen LogP contribution in [-0.4, -0.2) is 47.4 Å². The van der Waals surface area contributed by atoms with Crippen LogP contribution in [0.15, 0.2) is 18.2 Å². The summed E-state index contributed by atoms with van der Waals surface area (Å²) in [5.41, 5.74) is 1.49. The Hall–Kier alpha value is -1.75. The number of carbonyl (C=O) groups is 2. The third-order valence-corrected chi connectivity index (χ3v) is 4.36. The fraction of sp³-hybridized carbons (Fsp3) is 0.529. The van der Waals surface area contributed by atoms with Crippen molar-refractivity contribution < 1.29 is 9.59 Å². The molecular weight excluding hydrogens is 314 g/mol. The third kappa shape index (κ3) is 3.96. The number of hydrogen-bond acceptors (Lipinski definition) is 2. The van der Waals surface area contributed by atoms with Gasteiger partial charge in [-0.25, -0.2) is 4.79 Å². The summed E-state index contributed by atoms with van der Waals surface area (Å²) in [6.45, 7) is 9.63. The molecule has 1 N–H and O–H groups in total. The zero-order valence-electron chi connectivity index (χ0n) is 14.1. The Morgan fingerprint density at radius 1 is 1.39 bits per heavy atom. The highest BCUT2D eigenvalue weighted by Gasteiger charge is 2.34. The summed E-state index contributed by atoms with van der Waals surface area (Å²) in [5.74, 6) is 0.410. The van der Waals surface area contributed by atoms with Gasteiger partial charge in [-0.1, -0.05) is 37.6 Å². The Bertz CT molecular complexity index is 583. The summed E-state index contributed by atoms with van der Waals surface area (Å²) in [6, 6.07) is 4.71. The van der Waals surface area contributed by atoms with Crippen molar-refractivity contribution in [3.8, 4) is 0 Å². The van der Waals surface area contributed by atoms with Crippen LogP contribution >= 0.6 is 11.6 Å². The second-order valence-electron chi connectivity index (χ2n) is 6.41. The van der Waals surface area contributed by atoms with E-state index in [-0.39, 0.29) is 11.9 Å². The molecule has 0 spiro atoms. The van der Waals surface area contributed by atoms with E-state index < -0.39 is 6.04 Å². The van der Waals surface area contributed by atoms with Crippen LogP contribution in [0.4, 0.5) is 10.5 Å². The largest absolute Gasteiger partial charge is 0.339 e. The Labute approximate surface area is 142 Å². The molecule has 0 saturated carbocycles. The SMILES string of the molecule is Cc1cccc(Cl)c1NC(=O)N1CCN(CC(C)C)C(=O)C1C. The molecular formula is C17H24ClN3O2. The van der Waals surface area contributed by atoms with E-state index in [4.69, 9.17) is 11.6 Å². The Morgan fingerprint density at radius 3 is 2.70 bits per heavy atom. The molecule has 1 aliphatic heterocycles. The summed E-state index contributed by atoms with van der Waals surface area (Å²) in [6.07, 6.45) is 0.